The van der Waals surface area contributed by atoms with Crippen molar-refractivity contribution in [3.05, 3.63) is 35.7 Å². The third-order valence-corrected chi connectivity index (χ3v) is 3.46. The van der Waals surface area contributed by atoms with Crippen LogP contribution in [0.2, 0.25) is 0 Å². The Hall–Kier alpha value is -2.90. The molecule has 0 saturated carbocycles. The highest BCUT2D eigenvalue weighted by atomic mass is 19.1. The van der Waals surface area contributed by atoms with Crippen LogP contribution in [0.4, 0.5) is 4.39 Å². The van der Waals surface area contributed by atoms with Gasteiger partial charge in [-0.05, 0) is 36.1 Å². The Morgan fingerprint density at radius 2 is 1.93 bits per heavy atom. The summed E-state index contributed by atoms with van der Waals surface area (Å²) in [5, 5.41) is 2.47. The standard InChI is InChI=1S/C19H24FNO6/c1-12(2)9-15(19(24)26-4)21-17(22)11-27-18(23)8-6-13-5-7-16(25-3)14(20)10-13/h5-8,10,12,15H,9,11H2,1-4H3,(H,21,22)/b8-6+/t15-/m0/s1. The molecule has 1 rings (SSSR count). The number of amides is 1. The van der Waals surface area contributed by atoms with Gasteiger partial charge in [0, 0.05) is 6.08 Å². The Morgan fingerprint density at radius 1 is 1.22 bits per heavy atom. The maximum Gasteiger partial charge on any atom is 0.331 e. The maximum absolute atomic E-state index is 13.6. The van der Waals surface area contributed by atoms with Gasteiger partial charge in [-0.3, -0.25) is 4.79 Å². The molecule has 27 heavy (non-hydrogen) atoms. The largest absolute Gasteiger partial charge is 0.494 e. The molecule has 0 spiro atoms. The molecule has 0 aliphatic heterocycles. The molecule has 0 aliphatic rings. The highest BCUT2D eigenvalue weighted by Crippen LogP contribution is 2.18. The monoisotopic (exact) mass is 381 g/mol. The van der Waals surface area contributed by atoms with Crippen molar-refractivity contribution in [2.45, 2.75) is 26.3 Å². The van der Waals surface area contributed by atoms with Gasteiger partial charge < -0.3 is 19.5 Å². The molecule has 1 aromatic carbocycles. The lowest BCUT2D eigenvalue weighted by Gasteiger charge is -2.18. The Labute approximate surface area is 157 Å². The van der Waals surface area contributed by atoms with E-state index in [-0.39, 0.29) is 11.7 Å². The number of hydrogen-bond donors (Lipinski definition) is 1. The molecule has 0 saturated heterocycles. The molecule has 0 heterocycles. The van der Waals surface area contributed by atoms with Crippen molar-refractivity contribution < 1.29 is 33.0 Å². The van der Waals surface area contributed by atoms with Crippen molar-refractivity contribution in [2.75, 3.05) is 20.8 Å². The third kappa shape index (κ3) is 7.89. The van der Waals surface area contributed by atoms with Gasteiger partial charge in [-0.1, -0.05) is 19.9 Å². The number of hydrogen-bond acceptors (Lipinski definition) is 6. The molecule has 0 radical (unpaired) electrons. The molecule has 7 nitrogen and oxygen atoms in total. The average molecular weight is 381 g/mol. The van der Waals surface area contributed by atoms with E-state index in [1.54, 1.807) is 6.07 Å². The van der Waals surface area contributed by atoms with Crippen LogP contribution in [0.25, 0.3) is 6.08 Å². The summed E-state index contributed by atoms with van der Waals surface area (Å²) in [6, 6.07) is 3.38. The van der Waals surface area contributed by atoms with Gasteiger partial charge in [0.05, 0.1) is 14.2 Å². The summed E-state index contributed by atoms with van der Waals surface area (Å²) in [7, 11) is 2.58. The van der Waals surface area contributed by atoms with Gasteiger partial charge in [0.1, 0.15) is 6.04 Å². The number of rotatable bonds is 9. The summed E-state index contributed by atoms with van der Waals surface area (Å²) in [5.41, 5.74) is 0.428. The van der Waals surface area contributed by atoms with E-state index in [9.17, 15) is 18.8 Å². The van der Waals surface area contributed by atoms with E-state index in [0.29, 0.717) is 12.0 Å². The fourth-order valence-electron chi connectivity index (χ4n) is 2.20. The van der Waals surface area contributed by atoms with Crippen LogP contribution in [-0.4, -0.2) is 44.7 Å². The average Bonchev–Trinajstić information content (AvgIpc) is 2.63. The number of benzene rings is 1. The molecule has 1 aromatic rings. The lowest BCUT2D eigenvalue weighted by molar-refractivity contribution is -0.148. The van der Waals surface area contributed by atoms with Crippen LogP contribution in [-0.2, 0) is 23.9 Å². The molecule has 1 atom stereocenters. The summed E-state index contributed by atoms with van der Waals surface area (Å²) in [6.07, 6.45) is 2.81. The van der Waals surface area contributed by atoms with Crippen LogP contribution >= 0.6 is 0 Å². The fraction of sp³-hybridized carbons (Fsp3) is 0.421. The molecule has 0 unspecified atom stereocenters. The van der Waals surface area contributed by atoms with Crippen molar-refractivity contribution in [2.24, 2.45) is 5.92 Å². The molecule has 8 heteroatoms. The minimum Gasteiger partial charge on any atom is -0.494 e. The number of halogens is 1. The number of methoxy groups -OCH3 is 2. The molecular weight excluding hydrogens is 357 g/mol. The Kier molecular flexibility index (Phi) is 8.98. The lowest BCUT2D eigenvalue weighted by Crippen LogP contribution is -2.44. The molecule has 0 bridgehead atoms. The first-order chi connectivity index (χ1) is 12.8. The first-order valence-corrected chi connectivity index (χ1v) is 8.32. The summed E-state index contributed by atoms with van der Waals surface area (Å²) >= 11 is 0. The summed E-state index contributed by atoms with van der Waals surface area (Å²) in [4.78, 5) is 35.2. The van der Waals surface area contributed by atoms with E-state index in [1.807, 2.05) is 13.8 Å². The van der Waals surface area contributed by atoms with E-state index in [2.05, 4.69) is 10.1 Å². The number of esters is 2. The van der Waals surface area contributed by atoms with Gasteiger partial charge in [-0.15, -0.1) is 0 Å². The predicted molar refractivity (Wildman–Crippen MR) is 96.3 cm³/mol. The molecular formula is C19H24FNO6. The van der Waals surface area contributed by atoms with Gasteiger partial charge >= 0.3 is 11.9 Å². The number of carbonyl (C=O) groups is 3. The topological polar surface area (TPSA) is 90.9 Å². The molecule has 0 aromatic heterocycles. The van der Waals surface area contributed by atoms with Gasteiger partial charge in [0.25, 0.3) is 5.91 Å². The SMILES string of the molecule is COC(=O)[C@H](CC(C)C)NC(=O)COC(=O)/C=C/c1ccc(OC)c(F)c1. The van der Waals surface area contributed by atoms with Gasteiger partial charge in [0.2, 0.25) is 0 Å². The third-order valence-electron chi connectivity index (χ3n) is 3.46. The van der Waals surface area contributed by atoms with Crippen LogP contribution in [0.5, 0.6) is 5.75 Å². The maximum atomic E-state index is 13.6. The van der Waals surface area contributed by atoms with E-state index in [1.165, 1.54) is 32.4 Å². The first kappa shape index (κ1) is 22.1. The number of ether oxygens (including phenoxy) is 3. The first-order valence-electron chi connectivity index (χ1n) is 8.32. The smallest absolute Gasteiger partial charge is 0.331 e. The summed E-state index contributed by atoms with van der Waals surface area (Å²) < 4.78 is 27.8. The van der Waals surface area contributed by atoms with E-state index < -0.39 is 36.3 Å². The van der Waals surface area contributed by atoms with E-state index in [0.717, 1.165) is 6.08 Å². The van der Waals surface area contributed by atoms with Crippen LogP contribution in [0.15, 0.2) is 24.3 Å². The lowest BCUT2D eigenvalue weighted by atomic mass is 10.0. The Morgan fingerprint density at radius 3 is 2.48 bits per heavy atom. The second-order valence-corrected chi connectivity index (χ2v) is 6.11. The van der Waals surface area contributed by atoms with E-state index >= 15 is 0 Å². The van der Waals surface area contributed by atoms with Gasteiger partial charge in [0.15, 0.2) is 18.2 Å². The van der Waals surface area contributed by atoms with E-state index in [4.69, 9.17) is 9.47 Å². The van der Waals surface area contributed by atoms with Crippen LogP contribution in [0, 0.1) is 11.7 Å². The van der Waals surface area contributed by atoms with Crippen molar-refractivity contribution in [3.63, 3.8) is 0 Å². The number of nitrogens with one attached hydrogen (secondary N) is 1. The second kappa shape index (κ2) is 10.9. The van der Waals surface area contributed by atoms with Crippen LogP contribution < -0.4 is 10.1 Å². The summed E-state index contributed by atoms with van der Waals surface area (Å²) in [6.45, 7) is 3.25. The van der Waals surface area contributed by atoms with Crippen LogP contribution in [0.3, 0.4) is 0 Å². The Bertz CT molecular complexity index is 701. The zero-order valence-electron chi connectivity index (χ0n) is 15.8. The molecule has 1 N–H and O–H groups in total. The highest BCUT2D eigenvalue weighted by molar-refractivity contribution is 5.90. The molecule has 0 fully saturated rings. The van der Waals surface area contributed by atoms with Gasteiger partial charge in [-0.2, -0.15) is 0 Å². The normalized spacial score (nSPS) is 11.9. The molecule has 0 aliphatic carbocycles. The van der Waals surface area contributed by atoms with Crippen molar-refractivity contribution in [3.8, 4) is 5.75 Å². The van der Waals surface area contributed by atoms with Crippen molar-refractivity contribution >= 4 is 23.9 Å². The van der Waals surface area contributed by atoms with Crippen LogP contribution in [0.1, 0.15) is 25.8 Å². The minimum absolute atomic E-state index is 0.0907. The molecule has 1 amide bonds. The minimum atomic E-state index is -0.806. The zero-order chi connectivity index (χ0) is 20.4. The molecule has 148 valence electrons. The number of carbonyl (C=O) groups excluding carboxylic acids is 3. The zero-order valence-corrected chi connectivity index (χ0v) is 15.8. The summed E-state index contributed by atoms with van der Waals surface area (Å²) in [5.74, 6) is -2.28. The van der Waals surface area contributed by atoms with Gasteiger partial charge in [-0.25, -0.2) is 14.0 Å². The second-order valence-electron chi connectivity index (χ2n) is 6.11. The highest BCUT2D eigenvalue weighted by Gasteiger charge is 2.22. The van der Waals surface area contributed by atoms with Crippen molar-refractivity contribution in [1.29, 1.82) is 0 Å². The quantitative estimate of drug-likeness (QED) is 0.520. The fourth-order valence-corrected chi connectivity index (χ4v) is 2.20. The Balaban J connectivity index is 2.53. The predicted octanol–water partition coefficient (Wildman–Crippen LogP) is 2.09. The van der Waals surface area contributed by atoms with Crippen molar-refractivity contribution in [1.82, 2.24) is 5.32 Å².